The summed E-state index contributed by atoms with van der Waals surface area (Å²) >= 11 is 2.28. The van der Waals surface area contributed by atoms with Crippen molar-refractivity contribution >= 4 is 52.2 Å². The standard InChI is InChI=1S/C30H25N3O6S2/c1-16-6-10-19(11-7-16)33-28(35)24-23(25-27(32-30(37)41-25)40-26(24)29(33)36)17-4-3-5-21(14-17)39-15-22(34)31-18-8-12-20(38-2)13-9-18/h3-14,23-24,26H,15H2,1-2H3,(H,31,34)(H,32,37). The first-order valence-electron chi connectivity index (χ1n) is 12.8. The Hall–Kier alpha value is -4.35. The third-order valence-electron chi connectivity index (χ3n) is 7.08. The fourth-order valence-electron chi connectivity index (χ4n) is 5.14. The molecule has 208 valence electrons. The summed E-state index contributed by atoms with van der Waals surface area (Å²) in [5.74, 6) is -1.09. The molecule has 1 fully saturated rings. The largest absolute Gasteiger partial charge is 0.497 e. The molecule has 9 nitrogen and oxygen atoms in total. The second kappa shape index (κ2) is 10.9. The predicted octanol–water partition coefficient (Wildman–Crippen LogP) is 4.57. The van der Waals surface area contributed by atoms with E-state index in [0.29, 0.717) is 32.8 Å². The molecule has 3 unspecified atom stereocenters. The molecule has 2 aliphatic heterocycles. The van der Waals surface area contributed by atoms with Gasteiger partial charge in [0.05, 0.1) is 23.7 Å². The maximum Gasteiger partial charge on any atom is 0.305 e. The Labute approximate surface area is 243 Å². The number of aromatic amines is 1. The minimum Gasteiger partial charge on any atom is -0.497 e. The Morgan fingerprint density at radius 1 is 0.976 bits per heavy atom. The highest BCUT2D eigenvalue weighted by atomic mass is 32.2. The van der Waals surface area contributed by atoms with Gasteiger partial charge in [0.1, 0.15) is 16.7 Å². The number of ether oxygens (including phenoxy) is 2. The van der Waals surface area contributed by atoms with Crippen molar-refractivity contribution in [2.75, 3.05) is 23.9 Å². The molecule has 0 saturated carbocycles. The predicted molar refractivity (Wildman–Crippen MR) is 157 cm³/mol. The number of nitrogens with zero attached hydrogens (tertiary/aromatic N) is 1. The molecule has 3 heterocycles. The number of benzene rings is 3. The summed E-state index contributed by atoms with van der Waals surface area (Å²) in [5, 5.41) is 2.69. The van der Waals surface area contributed by atoms with Gasteiger partial charge in [-0.1, -0.05) is 52.9 Å². The molecule has 1 saturated heterocycles. The van der Waals surface area contributed by atoms with Gasteiger partial charge in [0, 0.05) is 16.5 Å². The highest BCUT2D eigenvalue weighted by Gasteiger charge is 2.56. The Morgan fingerprint density at radius 3 is 2.46 bits per heavy atom. The second-order valence-corrected chi connectivity index (χ2v) is 11.9. The van der Waals surface area contributed by atoms with Crippen molar-refractivity contribution in [2.45, 2.75) is 23.1 Å². The van der Waals surface area contributed by atoms with Gasteiger partial charge in [-0.2, -0.15) is 0 Å². The zero-order valence-electron chi connectivity index (χ0n) is 22.1. The number of amides is 3. The molecular formula is C30H25N3O6S2. The van der Waals surface area contributed by atoms with Gasteiger partial charge < -0.3 is 19.8 Å². The summed E-state index contributed by atoms with van der Waals surface area (Å²) in [4.78, 5) is 56.9. The topological polar surface area (TPSA) is 118 Å². The Bertz CT molecular complexity index is 1700. The number of fused-ring (bicyclic) bond motifs is 2. The molecule has 2 N–H and O–H groups in total. The smallest absolute Gasteiger partial charge is 0.305 e. The number of hydrogen-bond donors (Lipinski definition) is 2. The number of aromatic nitrogens is 1. The first-order valence-corrected chi connectivity index (χ1v) is 14.5. The number of hydrogen-bond acceptors (Lipinski definition) is 8. The van der Waals surface area contributed by atoms with Crippen LogP contribution in [0.15, 0.2) is 82.6 Å². The number of anilines is 2. The average Bonchev–Trinajstić information content (AvgIpc) is 3.47. The number of imide groups is 1. The van der Waals surface area contributed by atoms with E-state index in [1.54, 1.807) is 61.7 Å². The molecule has 3 atom stereocenters. The van der Waals surface area contributed by atoms with Crippen molar-refractivity contribution in [1.29, 1.82) is 0 Å². The van der Waals surface area contributed by atoms with Gasteiger partial charge in [-0.15, -0.1) is 0 Å². The summed E-state index contributed by atoms with van der Waals surface area (Å²) in [5.41, 5.74) is 2.87. The number of methoxy groups -OCH3 is 1. The third-order valence-corrected chi connectivity index (χ3v) is 9.48. The molecule has 0 bridgehead atoms. The monoisotopic (exact) mass is 587 g/mol. The van der Waals surface area contributed by atoms with Crippen LogP contribution in [0.4, 0.5) is 11.4 Å². The fraction of sp³-hybridized carbons (Fsp3) is 0.200. The molecule has 3 amide bonds. The van der Waals surface area contributed by atoms with Crippen LogP contribution < -0.4 is 24.6 Å². The summed E-state index contributed by atoms with van der Waals surface area (Å²) in [6.45, 7) is 1.71. The van der Waals surface area contributed by atoms with Crippen LogP contribution in [0.3, 0.4) is 0 Å². The van der Waals surface area contributed by atoms with Crippen molar-refractivity contribution in [3.63, 3.8) is 0 Å². The zero-order chi connectivity index (χ0) is 28.7. The number of thiazole rings is 1. The van der Waals surface area contributed by atoms with Gasteiger partial charge in [-0.25, -0.2) is 4.90 Å². The molecule has 0 aliphatic carbocycles. The van der Waals surface area contributed by atoms with Gasteiger partial charge in [0.15, 0.2) is 6.61 Å². The summed E-state index contributed by atoms with van der Waals surface area (Å²) in [7, 11) is 1.57. The van der Waals surface area contributed by atoms with Crippen molar-refractivity contribution < 1.29 is 23.9 Å². The van der Waals surface area contributed by atoms with E-state index in [2.05, 4.69) is 10.3 Å². The highest BCUT2D eigenvalue weighted by molar-refractivity contribution is 8.00. The fourth-order valence-corrected chi connectivity index (χ4v) is 7.66. The number of carbonyl (C=O) groups is 3. The minimum atomic E-state index is -0.707. The van der Waals surface area contributed by atoms with E-state index in [1.807, 2.05) is 25.1 Å². The summed E-state index contributed by atoms with van der Waals surface area (Å²) in [6.07, 6.45) is 0. The minimum absolute atomic E-state index is 0.233. The lowest BCUT2D eigenvalue weighted by atomic mass is 9.83. The molecule has 1 aromatic heterocycles. The van der Waals surface area contributed by atoms with Crippen molar-refractivity contribution in [3.05, 3.63) is 98.5 Å². The molecule has 41 heavy (non-hydrogen) atoms. The highest BCUT2D eigenvalue weighted by Crippen LogP contribution is 2.53. The molecule has 6 rings (SSSR count). The number of aryl methyl sites for hydroxylation is 1. The maximum atomic E-state index is 13.9. The first kappa shape index (κ1) is 26.9. The van der Waals surface area contributed by atoms with E-state index in [9.17, 15) is 19.2 Å². The van der Waals surface area contributed by atoms with E-state index in [1.165, 1.54) is 16.7 Å². The van der Waals surface area contributed by atoms with Crippen LogP contribution in [0.2, 0.25) is 0 Å². The van der Waals surface area contributed by atoms with Crippen LogP contribution in [0.1, 0.15) is 21.9 Å². The quantitative estimate of drug-likeness (QED) is 0.304. The number of thioether (sulfide) groups is 1. The first-order chi connectivity index (χ1) is 19.8. The Morgan fingerprint density at radius 2 is 1.73 bits per heavy atom. The third kappa shape index (κ3) is 5.14. The van der Waals surface area contributed by atoms with E-state index in [4.69, 9.17) is 9.47 Å². The molecule has 4 aromatic rings. The van der Waals surface area contributed by atoms with E-state index in [-0.39, 0.29) is 29.2 Å². The molecule has 3 aromatic carbocycles. The van der Waals surface area contributed by atoms with Crippen LogP contribution in [-0.4, -0.2) is 41.7 Å². The zero-order valence-corrected chi connectivity index (χ0v) is 23.7. The van der Waals surface area contributed by atoms with Crippen LogP contribution in [-0.2, 0) is 14.4 Å². The molecule has 2 aliphatic rings. The van der Waals surface area contributed by atoms with Crippen LogP contribution in [0.25, 0.3) is 0 Å². The van der Waals surface area contributed by atoms with Gasteiger partial charge in [-0.05, 0) is 61.0 Å². The molecule has 11 heteroatoms. The second-order valence-electron chi connectivity index (χ2n) is 9.74. The number of rotatable bonds is 7. The lowest BCUT2D eigenvalue weighted by Gasteiger charge is -2.30. The van der Waals surface area contributed by atoms with Crippen molar-refractivity contribution in [1.82, 2.24) is 4.98 Å². The van der Waals surface area contributed by atoms with Gasteiger partial charge in [-0.3, -0.25) is 19.2 Å². The lowest BCUT2D eigenvalue weighted by Crippen LogP contribution is -2.32. The van der Waals surface area contributed by atoms with Gasteiger partial charge >= 0.3 is 4.87 Å². The normalized spacial score (nSPS) is 19.5. The average molecular weight is 588 g/mol. The Balaban J connectivity index is 1.26. The molecular weight excluding hydrogens is 562 g/mol. The molecule has 0 radical (unpaired) electrons. The van der Waals surface area contributed by atoms with E-state index >= 15 is 0 Å². The lowest BCUT2D eigenvalue weighted by molar-refractivity contribution is -0.122. The van der Waals surface area contributed by atoms with Crippen LogP contribution in [0.5, 0.6) is 11.5 Å². The molecule has 0 spiro atoms. The van der Waals surface area contributed by atoms with E-state index in [0.717, 1.165) is 22.5 Å². The van der Waals surface area contributed by atoms with E-state index < -0.39 is 17.1 Å². The van der Waals surface area contributed by atoms with Crippen LogP contribution >= 0.6 is 23.1 Å². The summed E-state index contributed by atoms with van der Waals surface area (Å²) < 4.78 is 10.9. The Kier molecular flexibility index (Phi) is 7.14. The van der Waals surface area contributed by atoms with Crippen molar-refractivity contribution in [2.24, 2.45) is 5.92 Å². The van der Waals surface area contributed by atoms with Crippen molar-refractivity contribution in [3.8, 4) is 11.5 Å². The maximum absolute atomic E-state index is 13.9. The number of carbonyl (C=O) groups excluding carboxylic acids is 3. The SMILES string of the molecule is COc1ccc(NC(=O)COc2cccc(C3c4sc(=O)[nH]c4SC4C(=O)N(c5ccc(C)cc5)C(=O)C43)c2)cc1. The van der Waals surface area contributed by atoms with Gasteiger partial charge in [0.2, 0.25) is 11.8 Å². The number of nitrogens with one attached hydrogen (secondary N) is 2. The van der Waals surface area contributed by atoms with Crippen LogP contribution in [0, 0.1) is 12.8 Å². The van der Waals surface area contributed by atoms with Gasteiger partial charge in [0.25, 0.3) is 5.91 Å². The number of H-pyrrole nitrogens is 1. The summed E-state index contributed by atoms with van der Waals surface area (Å²) in [6, 6.07) is 21.3.